The zero-order chi connectivity index (χ0) is 14.7. The zero-order valence-electron chi connectivity index (χ0n) is 11.6. The molecule has 0 spiro atoms. The normalized spacial score (nSPS) is 12.2. The van der Waals surface area contributed by atoms with E-state index < -0.39 is 0 Å². The van der Waals surface area contributed by atoms with Gasteiger partial charge in [-0.25, -0.2) is 4.39 Å². The van der Waals surface area contributed by atoms with Gasteiger partial charge in [-0.05, 0) is 71.2 Å². The van der Waals surface area contributed by atoms with Crippen molar-refractivity contribution in [3.63, 3.8) is 0 Å². The Hall–Kier alpha value is -1.39. The molecule has 20 heavy (non-hydrogen) atoms. The van der Waals surface area contributed by atoms with Crippen LogP contribution in [0.15, 0.2) is 46.9 Å². The lowest BCUT2D eigenvalue weighted by atomic mass is 10.1. The third-order valence-corrected chi connectivity index (χ3v) is 3.78. The molecule has 2 aromatic rings. The number of hydrogen-bond acceptors (Lipinski definition) is 2. The predicted molar refractivity (Wildman–Crippen MR) is 86.0 cm³/mol. The van der Waals surface area contributed by atoms with Crippen LogP contribution in [0.1, 0.15) is 12.5 Å². The van der Waals surface area contributed by atoms with Crippen molar-refractivity contribution in [1.29, 1.82) is 0 Å². The highest BCUT2D eigenvalue weighted by atomic mass is 79.9. The molecule has 106 valence electrons. The minimum absolute atomic E-state index is 0.141. The van der Waals surface area contributed by atoms with Crippen molar-refractivity contribution >= 4 is 27.3 Å². The standard InChI is InChI=1S/C16H18BrFN2/c1-11(19)9-12-3-8-16(15(17)10-12)20(2)14-6-4-13(18)5-7-14/h3-8,10-11H,9,19H2,1-2H3. The average Bonchev–Trinajstić information content (AvgIpc) is 2.38. The fourth-order valence-electron chi connectivity index (χ4n) is 2.12. The number of nitrogens with two attached hydrogens (primary N) is 1. The van der Waals surface area contributed by atoms with Gasteiger partial charge in [0.1, 0.15) is 5.82 Å². The van der Waals surface area contributed by atoms with Crippen LogP contribution >= 0.6 is 15.9 Å². The molecule has 0 fully saturated rings. The van der Waals surface area contributed by atoms with Crippen molar-refractivity contribution in [1.82, 2.24) is 0 Å². The first-order valence-electron chi connectivity index (χ1n) is 6.50. The van der Waals surface area contributed by atoms with Gasteiger partial charge in [-0.2, -0.15) is 0 Å². The maximum atomic E-state index is 13.0. The summed E-state index contributed by atoms with van der Waals surface area (Å²) in [6, 6.07) is 12.8. The van der Waals surface area contributed by atoms with Crippen LogP contribution < -0.4 is 10.6 Å². The van der Waals surface area contributed by atoms with E-state index in [0.717, 1.165) is 22.3 Å². The van der Waals surface area contributed by atoms with Gasteiger partial charge in [0.05, 0.1) is 5.69 Å². The molecular formula is C16H18BrFN2. The first kappa shape index (κ1) is 15.0. The Morgan fingerprint density at radius 2 is 1.85 bits per heavy atom. The predicted octanol–water partition coefficient (Wildman–Crippen LogP) is 4.25. The molecule has 0 aliphatic heterocycles. The molecule has 1 atom stereocenters. The van der Waals surface area contributed by atoms with Gasteiger partial charge < -0.3 is 10.6 Å². The van der Waals surface area contributed by atoms with Crippen LogP contribution in [0.4, 0.5) is 15.8 Å². The molecule has 2 rings (SSSR count). The van der Waals surface area contributed by atoms with Crippen molar-refractivity contribution in [3.05, 3.63) is 58.3 Å². The number of nitrogens with zero attached hydrogens (tertiary/aromatic N) is 1. The van der Waals surface area contributed by atoms with Gasteiger partial charge in [0.2, 0.25) is 0 Å². The minimum atomic E-state index is -0.228. The van der Waals surface area contributed by atoms with E-state index in [4.69, 9.17) is 5.73 Å². The zero-order valence-corrected chi connectivity index (χ0v) is 13.2. The van der Waals surface area contributed by atoms with Gasteiger partial charge >= 0.3 is 0 Å². The number of halogens is 2. The lowest BCUT2D eigenvalue weighted by molar-refractivity contribution is 0.628. The second-order valence-corrected chi connectivity index (χ2v) is 5.86. The van der Waals surface area contributed by atoms with Gasteiger partial charge in [0.25, 0.3) is 0 Å². The molecule has 0 saturated carbocycles. The molecule has 0 bridgehead atoms. The van der Waals surface area contributed by atoms with Gasteiger partial charge in [-0.3, -0.25) is 0 Å². The summed E-state index contributed by atoms with van der Waals surface area (Å²) < 4.78 is 14.0. The van der Waals surface area contributed by atoms with Gasteiger partial charge in [0, 0.05) is 23.2 Å². The van der Waals surface area contributed by atoms with E-state index >= 15 is 0 Å². The monoisotopic (exact) mass is 336 g/mol. The van der Waals surface area contributed by atoms with Crippen LogP contribution in [0.2, 0.25) is 0 Å². The maximum Gasteiger partial charge on any atom is 0.123 e. The van der Waals surface area contributed by atoms with Crippen LogP contribution in [0.3, 0.4) is 0 Å². The molecule has 2 N–H and O–H groups in total. The van der Waals surface area contributed by atoms with E-state index in [-0.39, 0.29) is 11.9 Å². The van der Waals surface area contributed by atoms with Crippen molar-refractivity contribution < 1.29 is 4.39 Å². The van der Waals surface area contributed by atoms with E-state index in [1.54, 1.807) is 12.1 Å². The maximum absolute atomic E-state index is 13.0. The Morgan fingerprint density at radius 3 is 2.40 bits per heavy atom. The summed E-state index contributed by atoms with van der Waals surface area (Å²) in [6.45, 7) is 1.99. The number of benzene rings is 2. The Labute approximate surface area is 127 Å². The average molecular weight is 337 g/mol. The van der Waals surface area contributed by atoms with Crippen LogP contribution in [0.5, 0.6) is 0 Å². The highest BCUT2D eigenvalue weighted by molar-refractivity contribution is 9.10. The molecular weight excluding hydrogens is 319 g/mol. The lowest BCUT2D eigenvalue weighted by Gasteiger charge is -2.21. The Balaban J connectivity index is 2.26. The highest BCUT2D eigenvalue weighted by Crippen LogP contribution is 2.31. The molecule has 0 radical (unpaired) electrons. The van der Waals surface area contributed by atoms with Gasteiger partial charge in [-0.1, -0.05) is 6.07 Å². The fraction of sp³-hybridized carbons (Fsp3) is 0.250. The van der Waals surface area contributed by atoms with Crippen LogP contribution in [-0.2, 0) is 6.42 Å². The van der Waals surface area contributed by atoms with Crippen molar-refractivity contribution in [2.75, 3.05) is 11.9 Å². The summed E-state index contributed by atoms with van der Waals surface area (Å²) in [5.41, 5.74) is 8.98. The summed E-state index contributed by atoms with van der Waals surface area (Å²) in [5, 5.41) is 0. The second-order valence-electron chi connectivity index (χ2n) is 5.00. The van der Waals surface area contributed by atoms with Gasteiger partial charge in [0.15, 0.2) is 0 Å². The summed E-state index contributed by atoms with van der Waals surface area (Å²) in [5.74, 6) is -0.228. The molecule has 0 amide bonds. The topological polar surface area (TPSA) is 29.3 Å². The van der Waals surface area contributed by atoms with Crippen molar-refractivity contribution in [3.8, 4) is 0 Å². The fourth-order valence-corrected chi connectivity index (χ4v) is 2.82. The number of rotatable bonds is 4. The summed E-state index contributed by atoms with van der Waals surface area (Å²) in [6.07, 6.45) is 0.846. The number of anilines is 2. The molecule has 2 aromatic carbocycles. The molecule has 0 saturated heterocycles. The second kappa shape index (κ2) is 6.37. The molecule has 0 aromatic heterocycles. The van der Waals surface area contributed by atoms with Gasteiger partial charge in [-0.15, -0.1) is 0 Å². The van der Waals surface area contributed by atoms with E-state index in [1.807, 2.05) is 24.9 Å². The molecule has 0 aliphatic carbocycles. The molecule has 1 unspecified atom stereocenters. The quantitative estimate of drug-likeness (QED) is 0.904. The Kier molecular flexibility index (Phi) is 4.78. The molecule has 0 heterocycles. The first-order valence-corrected chi connectivity index (χ1v) is 7.30. The van der Waals surface area contributed by atoms with E-state index in [1.165, 1.54) is 17.7 Å². The Bertz CT molecular complexity index is 582. The third-order valence-electron chi connectivity index (χ3n) is 3.15. The minimum Gasteiger partial charge on any atom is -0.344 e. The van der Waals surface area contributed by atoms with Crippen LogP contribution in [0.25, 0.3) is 0 Å². The Morgan fingerprint density at radius 1 is 1.20 bits per heavy atom. The lowest BCUT2D eigenvalue weighted by Crippen LogP contribution is -2.18. The SMILES string of the molecule is CC(N)Cc1ccc(N(C)c2ccc(F)cc2)c(Br)c1. The molecule has 0 aliphatic rings. The summed E-state index contributed by atoms with van der Waals surface area (Å²) >= 11 is 3.59. The first-order chi connectivity index (χ1) is 9.47. The van der Waals surface area contributed by atoms with Crippen LogP contribution in [-0.4, -0.2) is 13.1 Å². The molecule has 2 nitrogen and oxygen atoms in total. The van der Waals surface area contributed by atoms with Crippen molar-refractivity contribution in [2.45, 2.75) is 19.4 Å². The molecule has 4 heteroatoms. The van der Waals surface area contributed by atoms with E-state index in [2.05, 4.69) is 28.1 Å². The summed E-state index contributed by atoms with van der Waals surface area (Å²) in [4.78, 5) is 2.01. The summed E-state index contributed by atoms with van der Waals surface area (Å²) in [7, 11) is 1.96. The van der Waals surface area contributed by atoms with Crippen LogP contribution in [0, 0.1) is 5.82 Å². The smallest absolute Gasteiger partial charge is 0.123 e. The van der Waals surface area contributed by atoms with E-state index in [9.17, 15) is 4.39 Å². The number of hydrogen-bond donors (Lipinski definition) is 1. The highest BCUT2D eigenvalue weighted by Gasteiger charge is 2.09. The van der Waals surface area contributed by atoms with Crippen molar-refractivity contribution in [2.24, 2.45) is 5.73 Å². The largest absolute Gasteiger partial charge is 0.344 e. The van der Waals surface area contributed by atoms with E-state index in [0.29, 0.717) is 0 Å². The third kappa shape index (κ3) is 3.58.